The van der Waals surface area contributed by atoms with E-state index in [4.69, 9.17) is 23.5 Å². The second-order valence-electron chi connectivity index (χ2n) is 5.69. The summed E-state index contributed by atoms with van der Waals surface area (Å²) >= 11 is 0. The van der Waals surface area contributed by atoms with Gasteiger partial charge in [0.25, 0.3) is 10.1 Å². The molecule has 148 valence electrons. The lowest BCUT2D eigenvalue weighted by Gasteiger charge is -2.21. The molecule has 26 heavy (non-hydrogen) atoms. The molecule has 0 saturated heterocycles. The maximum Gasteiger partial charge on any atom is 0.329 e. The van der Waals surface area contributed by atoms with E-state index in [-0.39, 0.29) is 50.1 Å². The molecule has 0 aliphatic rings. The van der Waals surface area contributed by atoms with Gasteiger partial charge in [0.05, 0.1) is 43.5 Å². The van der Waals surface area contributed by atoms with Gasteiger partial charge in [0, 0.05) is 0 Å². The van der Waals surface area contributed by atoms with Crippen LogP contribution < -0.4 is 0 Å². The van der Waals surface area contributed by atoms with Gasteiger partial charge in [-0.05, 0) is 32.9 Å². The SMILES string of the molecule is Cc1ccc(S(=O)(=O)OCCO[C@@H](C)[C@H](C)OCCOCC(=O)O)cc1. The third-order valence-corrected chi connectivity index (χ3v) is 4.83. The number of aliphatic carboxylic acids is 1. The molecule has 0 radical (unpaired) electrons. The average molecular weight is 390 g/mol. The molecule has 1 rings (SSSR count). The molecule has 1 N–H and O–H groups in total. The molecular weight excluding hydrogens is 364 g/mol. The van der Waals surface area contributed by atoms with Crippen molar-refractivity contribution in [3.63, 3.8) is 0 Å². The minimum absolute atomic E-state index is 0.0927. The summed E-state index contributed by atoms with van der Waals surface area (Å²) in [5.74, 6) is -1.03. The summed E-state index contributed by atoms with van der Waals surface area (Å²) in [7, 11) is -3.80. The normalized spacial score (nSPS) is 14.1. The quantitative estimate of drug-likeness (QED) is 0.400. The van der Waals surface area contributed by atoms with Gasteiger partial charge in [-0.25, -0.2) is 4.79 Å². The Kier molecular flexibility index (Phi) is 9.74. The number of rotatable bonds is 13. The predicted molar refractivity (Wildman–Crippen MR) is 93.6 cm³/mol. The zero-order valence-corrected chi connectivity index (χ0v) is 16.0. The van der Waals surface area contributed by atoms with Gasteiger partial charge >= 0.3 is 5.97 Å². The third kappa shape index (κ3) is 8.72. The molecule has 0 bridgehead atoms. The largest absolute Gasteiger partial charge is 0.480 e. The zero-order valence-electron chi connectivity index (χ0n) is 15.2. The van der Waals surface area contributed by atoms with Crippen LogP contribution in [0.2, 0.25) is 0 Å². The van der Waals surface area contributed by atoms with E-state index in [1.165, 1.54) is 12.1 Å². The molecule has 1 aromatic rings. The Hall–Kier alpha value is -1.52. The van der Waals surface area contributed by atoms with E-state index in [1.807, 2.05) is 6.92 Å². The second-order valence-corrected chi connectivity index (χ2v) is 7.30. The van der Waals surface area contributed by atoms with Gasteiger partial charge in [-0.15, -0.1) is 0 Å². The van der Waals surface area contributed by atoms with Crippen LogP contribution in [0.3, 0.4) is 0 Å². The molecular formula is C17H26O8S. The molecule has 0 spiro atoms. The lowest BCUT2D eigenvalue weighted by Crippen LogP contribution is -2.29. The van der Waals surface area contributed by atoms with E-state index in [1.54, 1.807) is 26.0 Å². The first-order chi connectivity index (χ1) is 12.2. The first kappa shape index (κ1) is 22.5. The van der Waals surface area contributed by atoms with Crippen LogP contribution in [0.5, 0.6) is 0 Å². The number of ether oxygens (including phenoxy) is 3. The van der Waals surface area contributed by atoms with E-state index >= 15 is 0 Å². The highest BCUT2D eigenvalue weighted by Crippen LogP contribution is 2.13. The summed E-state index contributed by atoms with van der Waals surface area (Å²) in [4.78, 5) is 10.4. The monoisotopic (exact) mass is 390 g/mol. The lowest BCUT2D eigenvalue weighted by atomic mass is 10.2. The second kappa shape index (κ2) is 11.2. The molecule has 0 aromatic heterocycles. The van der Waals surface area contributed by atoms with Gasteiger partial charge in [-0.2, -0.15) is 8.42 Å². The molecule has 8 nitrogen and oxygen atoms in total. The fourth-order valence-electron chi connectivity index (χ4n) is 1.87. The van der Waals surface area contributed by atoms with Gasteiger partial charge in [0.15, 0.2) is 0 Å². The van der Waals surface area contributed by atoms with Crippen LogP contribution >= 0.6 is 0 Å². The zero-order chi connectivity index (χ0) is 19.6. The predicted octanol–water partition coefficient (Wildman–Crippen LogP) is 1.61. The number of hydrogen-bond acceptors (Lipinski definition) is 7. The smallest absolute Gasteiger partial charge is 0.329 e. The first-order valence-corrected chi connectivity index (χ1v) is 9.62. The molecule has 0 heterocycles. The lowest BCUT2D eigenvalue weighted by molar-refractivity contribution is -0.143. The Bertz CT molecular complexity index is 641. The maximum atomic E-state index is 12.0. The van der Waals surface area contributed by atoms with Crippen LogP contribution in [0.25, 0.3) is 0 Å². The highest BCUT2D eigenvalue weighted by atomic mass is 32.2. The average Bonchev–Trinajstić information content (AvgIpc) is 2.58. The Morgan fingerprint density at radius 2 is 1.54 bits per heavy atom. The van der Waals surface area contributed by atoms with Crippen LogP contribution in [0.4, 0.5) is 0 Å². The molecule has 2 atom stereocenters. The van der Waals surface area contributed by atoms with Crippen molar-refractivity contribution in [2.45, 2.75) is 37.9 Å². The summed E-state index contributed by atoms with van der Waals surface area (Å²) in [6.45, 7) is 5.49. The van der Waals surface area contributed by atoms with Crippen molar-refractivity contribution in [1.29, 1.82) is 0 Å². The maximum absolute atomic E-state index is 12.0. The fourth-order valence-corrected chi connectivity index (χ4v) is 2.77. The molecule has 0 amide bonds. The topological polar surface area (TPSA) is 108 Å². The highest BCUT2D eigenvalue weighted by Gasteiger charge is 2.16. The van der Waals surface area contributed by atoms with Crippen LogP contribution in [0.1, 0.15) is 19.4 Å². The number of carboxylic acids is 1. The Morgan fingerprint density at radius 3 is 2.08 bits per heavy atom. The molecule has 9 heteroatoms. The minimum Gasteiger partial charge on any atom is -0.480 e. The van der Waals surface area contributed by atoms with Gasteiger partial charge in [0.2, 0.25) is 0 Å². The molecule has 0 aliphatic carbocycles. The van der Waals surface area contributed by atoms with Crippen molar-refractivity contribution in [2.24, 2.45) is 0 Å². The van der Waals surface area contributed by atoms with Crippen molar-refractivity contribution < 1.29 is 36.7 Å². The van der Waals surface area contributed by atoms with Crippen molar-refractivity contribution in [2.75, 3.05) is 33.0 Å². The standard InChI is InChI=1S/C17H26O8S/c1-13-4-6-16(7-5-13)26(20,21)25-11-10-24-15(3)14(2)23-9-8-22-12-17(18)19/h4-7,14-15H,8-12H2,1-3H3,(H,18,19)/t14-,15-/m0/s1. The molecule has 0 saturated carbocycles. The Morgan fingerprint density at radius 1 is 1.00 bits per heavy atom. The van der Waals surface area contributed by atoms with Crippen LogP contribution in [-0.2, 0) is 33.3 Å². The minimum atomic E-state index is -3.80. The molecule has 0 unspecified atom stereocenters. The summed E-state index contributed by atoms with van der Waals surface area (Å²) in [5, 5.41) is 8.43. The van der Waals surface area contributed by atoms with Crippen LogP contribution in [-0.4, -0.2) is 64.7 Å². The third-order valence-electron chi connectivity index (χ3n) is 3.51. The summed E-state index contributed by atoms with van der Waals surface area (Å²) in [6.07, 6.45) is -0.558. The number of carboxylic acid groups (broad SMARTS) is 1. The Balaban J connectivity index is 2.23. The summed E-state index contributed by atoms with van der Waals surface area (Å²) in [6, 6.07) is 6.40. The number of benzene rings is 1. The van der Waals surface area contributed by atoms with Gasteiger partial charge in [0.1, 0.15) is 6.61 Å². The number of aryl methyl sites for hydroxylation is 1. The Labute approximate surface area is 154 Å². The number of carbonyl (C=O) groups is 1. The van der Waals surface area contributed by atoms with Crippen molar-refractivity contribution in [1.82, 2.24) is 0 Å². The van der Waals surface area contributed by atoms with Gasteiger partial charge in [-0.1, -0.05) is 17.7 Å². The van der Waals surface area contributed by atoms with Gasteiger partial charge in [-0.3, -0.25) is 4.18 Å². The molecule has 1 aromatic carbocycles. The van der Waals surface area contributed by atoms with Crippen LogP contribution in [0.15, 0.2) is 29.2 Å². The molecule has 0 aliphatic heterocycles. The van der Waals surface area contributed by atoms with E-state index < -0.39 is 16.1 Å². The first-order valence-electron chi connectivity index (χ1n) is 8.21. The van der Waals surface area contributed by atoms with E-state index in [0.29, 0.717) is 0 Å². The fraction of sp³-hybridized carbons (Fsp3) is 0.588. The summed E-state index contributed by atoms with van der Waals surface area (Å²) < 4.78 is 44.8. The molecule has 0 fully saturated rings. The summed E-state index contributed by atoms with van der Waals surface area (Å²) in [5.41, 5.74) is 0.962. The van der Waals surface area contributed by atoms with E-state index in [0.717, 1.165) is 5.56 Å². The van der Waals surface area contributed by atoms with Crippen LogP contribution in [0, 0.1) is 6.92 Å². The van der Waals surface area contributed by atoms with E-state index in [9.17, 15) is 13.2 Å². The van der Waals surface area contributed by atoms with E-state index in [2.05, 4.69) is 0 Å². The van der Waals surface area contributed by atoms with Crippen molar-refractivity contribution in [3.05, 3.63) is 29.8 Å². The van der Waals surface area contributed by atoms with Crippen molar-refractivity contribution >= 4 is 16.1 Å². The highest BCUT2D eigenvalue weighted by molar-refractivity contribution is 7.86. The van der Waals surface area contributed by atoms with Crippen molar-refractivity contribution in [3.8, 4) is 0 Å². The van der Waals surface area contributed by atoms with Gasteiger partial charge < -0.3 is 19.3 Å². The number of hydrogen-bond donors (Lipinski definition) is 1.